The van der Waals surface area contributed by atoms with Gasteiger partial charge in [-0.05, 0) is 36.8 Å². The zero-order valence-corrected chi connectivity index (χ0v) is 16.1. The minimum Gasteiger partial charge on any atom is -0.295 e. The van der Waals surface area contributed by atoms with E-state index in [0.29, 0.717) is 15.7 Å². The topological polar surface area (TPSA) is 76.0 Å². The molecule has 0 fully saturated rings. The number of hydrazine groups is 1. The zero-order chi connectivity index (χ0) is 19.2. The first-order valence-electron chi connectivity index (χ1n) is 8.12. The van der Waals surface area contributed by atoms with Crippen LogP contribution in [0.3, 0.4) is 0 Å². The number of carbonyl (C=O) groups excluding carboxylic acids is 2. The predicted octanol–water partition coefficient (Wildman–Crippen LogP) is 3.39. The molecule has 1 heterocycles. The summed E-state index contributed by atoms with van der Waals surface area (Å²) in [4.78, 5) is 28.3. The zero-order valence-electron chi connectivity index (χ0n) is 14.5. The van der Waals surface area contributed by atoms with Crippen molar-refractivity contribution >= 4 is 35.2 Å². The van der Waals surface area contributed by atoms with Gasteiger partial charge in [-0.15, -0.1) is 0 Å². The van der Waals surface area contributed by atoms with E-state index in [-0.39, 0.29) is 17.6 Å². The van der Waals surface area contributed by atoms with Crippen molar-refractivity contribution in [1.29, 1.82) is 0 Å². The van der Waals surface area contributed by atoms with Gasteiger partial charge in [-0.1, -0.05) is 47.6 Å². The number of hydrogen-bond donors (Lipinski definition) is 2. The lowest BCUT2D eigenvalue weighted by molar-refractivity contribution is -0.119. The van der Waals surface area contributed by atoms with Crippen molar-refractivity contribution in [2.45, 2.75) is 12.1 Å². The number of nitrogens with one attached hydrogen (secondary N) is 2. The Balaban J connectivity index is 1.58. The number of rotatable bonds is 5. The molecule has 27 heavy (non-hydrogen) atoms. The van der Waals surface area contributed by atoms with Gasteiger partial charge in [0, 0.05) is 23.0 Å². The molecule has 1 aromatic heterocycles. The largest absolute Gasteiger partial charge is 0.295 e. The van der Waals surface area contributed by atoms with Gasteiger partial charge in [0.15, 0.2) is 5.16 Å². The first-order chi connectivity index (χ1) is 13.1. The van der Waals surface area contributed by atoms with Gasteiger partial charge >= 0.3 is 0 Å². The van der Waals surface area contributed by atoms with Crippen LogP contribution >= 0.6 is 23.4 Å². The van der Waals surface area contributed by atoms with Crippen LogP contribution in [0.4, 0.5) is 0 Å². The molecule has 0 bridgehead atoms. The number of benzene rings is 2. The molecule has 3 rings (SSSR count). The van der Waals surface area contributed by atoms with E-state index in [1.54, 1.807) is 30.5 Å². The number of carbonyl (C=O) groups is 2. The van der Waals surface area contributed by atoms with Crippen LogP contribution in [0.5, 0.6) is 0 Å². The third-order valence-electron chi connectivity index (χ3n) is 3.79. The first kappa shape index (κ1) is 19.0. The molecule has 0 spiro atoms. The fourth-order valence-electron chi connectivity index (χ4n) is 2.39. The van der Waals surface area contributed by atoms with Crippen LogP contribution in [0.15, 0.2) is 66.1 Å². The van der Waals surface area contributed by atoms with Gasteiger partial charge in [0.25, 0.3) is 5.91 Å². The summed E-state index contributed by atoms with van der Waals surface area (Å²) in [6.07, 6.45) is 3.48. The number of amides is 2. The van der Waals surface area contributed by atoms with Crippen molar-refractivity contribution in [2.75, 3.05) is 5.75 Å². The summed E-state index contributed by atoms with van der Waals surface area (Å²) >= 11 is 7.45. The summed E-state index contributed by atoms with van der Waals surface area (Å²) in [5.41, 5.74) is 7.10. The number of hydrogen-bond acceptors (Lipinski definition) is 4. The van der Waals surface area contributed by atoms with Gasteiger partial charge in [-0.2, -0.15) is 0 Å². The highest BCUT2D eigenvalue weighted by Crippen LogP contribution is 2.26. The molecule has 3 aromatic rings. The minimum atomic E-state index is -0.370. The average molecular weight is 401 g/mol. The number of aromatic nitrogens is 2. The van der Waals surface area contributed by atoms with E-state index in [2.05, 4.69) is 15.8 Å². The van der Waals surface area contributed by atoms with Crippen LogP contribution in [-0.2, 0) is 4.79 Å². The van der Waals surface area contributed by atoms with Gasteiger partial charge in [0.1, 0.15) is 0 Å². The van der Waals surface area contributed by atoms with Gasteiger partial charge < -0.3 is 0 Å². The van der Waals surface area contributed by atoms with Gasteiger partial charge in [-0.25, -0.2) is 4.98 Å². The summed E-state index contributed by atoms with van der Waals surface area (Å²) < 4.78 is 1.88. The minimum absolute atomic E-state index is 0.103. The van der Waals surface area contributed by atoms with Gasteiger partial charge in [0.2, 0.25) is 5.91 Å². The number of thioether (sulfide) groups is 1. The monoisotopic (exact) mass is 400 g/mol. The lowest BCUT2D eigenvalue weighted by Gasteiger charge is -2.11. The fraction of sp³-hybridized carbons (Fsp3) is 0.105. The van der Waals surface area contributed by atoms with Crippen molar-refractivity contribution in [2.24, 2.45) is 0 Å². The quantitative estimate of drug-likeness (QED) is 0.508. The summed E-state index contributed by atoms with van der Waals surface area (Å²) in [5, 5.41) is 1.32. The standard InChI is InChI=1S/C19H17ClN4O2S/c1-13-15(20)8-5-9-16(13)24-11-10-21-19(24)27-12-17(25)22-23-18(26)14-6-3-2-4-7-14/h2-11H,12H2,1H3,(H,22,25)(H,23,26). The van der Waals surface area contributed by atoms with Crippen molar-refractivity contribution in [3.05, 3.63) is 77.1 Å². The molecule has 0 aliphatic rings. The molecule has 0 aliphatic carbocycles. The van der Waals surface area contributed by atoms with Crippen LogP contribution in [-0.4, -0.2) is 27.1 Å². The maximum atomic E-state index is 12.0. The van der Waals surface area contributed by atoms with Gasteiger partial charge in [-0.3, -0.25) is 25.0 Å². The molecule has 2 aromatic carbocycles. The second kappa shape index (κ2) is 8.75. The molecular weight excluding hydrogens is 384 g/mol. The number of imidazole rings is 1. The summed E-state index contributed by atoms with van der Waals surface area (Å²) in [7, 11) is 0. The van der Waals surface area contributed by atoms with E-state index in [1.807, 2.05) is 42.0 Å². The van der Waals surface area contributed by atoms with Crippen LogP contribution in [0, 0.1) is 6.92 Å². The molecule has 0 atom stereocenters. The predicted molar refractivity (Wildman–Crippen MR) is 106 cm³/mol. The van der Waals surface area contributed by atoms with E-state index in [4.69, 9.17) is 11.6 Å². The maximum Gasteiger partial charge on any atom is 0.269 e. The van der Waals surface area contributed by atoms with E-state index in [9.17, 15) is 9.59 Å². The van der Waals surface area contributed by atoms with Crippen molar-refractivity contribution in [3.8, 4) is 5.69 Å². The Morgan fingerprint density at radius 3 is 2.67 bits per heavy atom. The molecule has 138 valence electrons. The Kier molecular flexibility index (Phi) is 6.16. The highest BCUT2D eigenvalue weighted by atomic mass is 35.5. The molecule has 0 radical (unpaired) electrons. The first-order valence-corrected chi connectivity index (χ1v) is 9.48. The van der Waals surface area contributed by atoms with Gasteiger partial charge in [0.05, 0.1) is 11.4 Å². The molecule has 0 unspecified atom stereocenters. The number of halogens is 1. The lowest BCUT2D eigenvalue weighted by atomic mass is 10.2. The van der Waals surface area contributed by atoms with Crippen LogP contribution in [0.1, 0.15) is 15.9 Å². The molecule has 2 N–H and O–H groups in total. The van der Waals surface area contributed by atoms with Crippen molar-refractivity contribution in [1.82, 2.24) is 20.4 Å². The summed E-state index contributed by atoms with van der Waals surface area (Å²) in [6, 6.07) is 14.3. The Bertz CT molecular complexity index is 959. The highest BCUT2D eigenvalue weighted by Gasteiger charge is 2.12. The average Bonchev–Trinajstić information content (AvgIpc) is 3.15. The molecule has 0 aliphatic heterocycles. The molecule has 0 saturated heterocycles. The van der Waals surface area contributed by atoms with Crippen LogP contribution in [0.25, 0.3) is 5.69 Å². The Labute approximate surface area is 165 Å². The van der Waals surface area contributed by atoms with Crippen LogP contribution in [0.2, 0.25) is 5.02 Å². The van der Waals surface area contributed by atoms with Crippen molar-refractivity contribution in [3.63, 3.8) is 0 Å². The smallest absolute Gasteiger partial charge is 0.269 e. The Hall–Kier alpha value is -2.77. The van der Waals surface area contributed by atoms with E-state index >= 15 is 0 Å². The normalized spacial score (nSPS) is 10.4. The second-order valence-corrected chi connectivity index (χ2v) is 6.97. The SMILES string of the molecule is Cc1c(Cl)cccc1-n1ccnc1SCC(=O)NNC(=O)c1ccccc1. The van der Waals surface area contributed by atoms with E-state index in [0.717, 1.165) is 11.3 Å². The Morgan fingerprint density at radius 2 is 1.89 bits per heavy atom. The fourth-order valence-corrected chi connectivity index (χ4v) is 3.33. The summed E-state index contributed by atoms with van der Waals surface area (Å²) in [6.45, 7) is 1.93. The summed E-state index contributed by atoms with van der Waals surface area (Å²) in [5.74, 6) is -0.599. The molecule has 8 heteroatoms. The third kappa shape index (κ3) is 4.69. The molecular formula is C19H17ClN4O2S. The van der Waals surface area contributed by atoms with Crippen LogP contribution < -0.4 is 10.9 Å². The van der Waals surface area contributed by atoms with E-state index in [1.165, 1.54) is 11.8 Å². The molecule has 6 nitrogen and oxygen atoms in total. The highest BCUT2D eigenvalue weighted by molar-refractivity contribution is 7.99. The van der Waals surface area contributed by atoms with Crippen molar-refractivity contribution < 1.29 is 9.59 Å². The van der Waals surface area contributed by atoms with E-state index < -0.39 is 0 Å². The Morgan fingerprint density at radius 1 is 1.11 bits per heavy atom. The molecule has 0 saturated carbocycles. The third-order valence-corrected chi connectivity index (χ3v) is 5.17. The number of nitrogens with zero attached hydrogens (tertiary/aromatic N) is 2. The molecule has 2 amide bonds. The lowest BCUT2D eigenvalue weighted by Crippen LogP contribution is -2.42. The maximum absolute atomic E-state index is 12.0. The second-order valence-electron chi connectivity index (χ2n) is 5.62.